The predicted molar refractivity (Wildman–Crippen MR) is 84.0 cm³/mol. The number of amides is 2. The zero-order valence-electron chi connectivity index (χ0n) is 12.3. The van der Waals surface area contributed by atoms with Crippen molar-refractivity contribution < 1.29 is 4.79 Å². The van der Waals surface area contributed by atoms with E-state index in [1.807, 2.05) is 23.1 Å². The van der Waals surface area contributed by atoms with Crippen LogP contribution in [0.2, 0.25) is 0 Å². The number of rotatable bonds is 2. The summed E-state index contributed by atoms with van der Waals surface area (Å²) in [5, 5.41) is 3.01. The highest BCUT2D eigenvalue weighted by molar-refractivity contribution is 5.74. The highest BCUT2D eigenvalue weighted by atomic mass is 16.2. The minimum Gasteiger partial charge on any atom is -0.334 e. The van der Waals surface area contributed by atoms with Crippen molar-refractivity contribution in [1.82, 2.24) is 10.2 Å². The van der Waals surface area contributed by atoms with Crippen LogP contribution in [0.1, 0.15) is 22.3 Å². The van der Waals surface area contributed by atoms with E-state index in [1.54, 1.807) is 0 Å². The molecule has 0 atom stereocenters. The molecule has 3 nitrogen and oxygen atoms in total. The molecule has 0 spiro atoms. The molecule has 3 rings (SSSR count). The third-order valence-corrected chi connectivity index (χ3v) is 3.94. The van der Waals surface area contributed by atoms with Gasteiger partial charge in [0.2, 0.25) is 0 Å². The molecule has 1 aliphatic rings. The molecule has 1 N–H and O–H groups in total. The van der Waals surface area contributed by atoms with Gasteiger partial charge >= 0.3 is 6.03 Å². The van der Waals surface area contributed by atoms with Crippen LogP contribution in [0.5, 0.6) is 0 Å². The minimum absolute atomic E-state index is 0.0195. The van der Waals surface area contributed by atoms with Gasteiger partial charge in [-0.2, -0.15) is 0 Å². The highest BCUT2D eigenvalue weighted by Crippen LogP contribution is 2.18. The lowest BCUT2D eigenvalue weighted by Gasteiger charge is -2.29. The topological polar surface area (TPSA) is 32.3 Å². The van der Waals surface area contributed by atoms with Gasteiger partial charge in [-0.15, -0.1) is 0 Å². The molecule has 0 bridgehead atoms. The Morgan fingerprint density at radius 3 is 2.76 bits per heavy atom. The molecule has 1 aliphatic heterocycles. The second kappa shape index (κ2) is 6.00. The van der Waals surface area contributed by atoms with Gasteiger partial charge in [0.25, 0.3) is 0 Å². The van der Waals surface area contributed by atoms with Gasteiger partial charge < -0.3 is 10.2 Å². The lowest BCUT2D eigenvalue weighted by atomic mass is 10.0. The van der Waals surface area contributed by atoms with Gasteiger partial charge in [0.1, 0.15) is 0 Å². The van der Waals surface area contributed by atoms with E-state index in [0.29, 0.717) is 13.1 Å². The largest absolute Gasteiger partial charge is 0.334 e. The van der Waals surface area contributed by atoms with Gasteiger partial charge in [-0.3, -0.25) is 0 Å². The molecule has 2 aromatic rings. The number of carbonyl (C=O) groups is 1. The molecule has 0 unspecified atom stereocenters. The first-order valence-electron chi connectivity index (χ1n) is 7.37. The van der Waals surface area contributed by atoms with E-state index in [-0.39, 0.29) is 6.03 Å². The fraction of sp³-hybridized carbons (Fsp3) is 0.278. The molecule has 0 aliphatic carbocycles. The van der Waals surface area contributed by atoms with Crippen LogP contribution in [0.3, 0.4) is 0 Å². The van der Waals surface area contributed by atoms with E-state index in [4.69, 9.17) is 0 Å². The monoisotopic (exact) mass is 280 g/mol. The summed E-state index contributed by atoms with van der Waals surface area (Å²) < 4.78 is 0. The third kappa shape index (κ3) is 3.24. The fourth-order valence-electron chi connectivity index (χ4n) is 2.78. The zero-order valence-corrected chi connectivity index (χ0v) is 12.3. The van der Waals surface area contributed by atoms with Crippen LogP contribution in [-0.2, 0) is 19.5 Å². The number of nitrogens with zero attached hydrogens (tertiary/aromatic N) is 1. The maximum absolute atomic E-state index is 12.3. The SMILES string of the molecule is Cc1cccc(CNC(=O)N2CCc3ccccc3C2)c1. The molecule has 2 amide bonds. The van der Waals surface area contributed by atoms with Crippen molar-refractivity contribution in [3.05, 3.63) is 70.8 Å². The Balaban J connectivity index is 1.59. The van der Waals surface area contributed by atoms with Crippen LogP contribution in [0.15, 0.2) is 48.5 Å². The average molecular weight is 280 g/mol. The smallest absolute Gasteiger partial charge is 0.317 e. The van der Waals surface area contributed by atoms with Gasteiger partial charge in [-0.25, -0.2) is 4.79 Å². The molecule has 0 fully saturated rings. The van der Waals surface area contributed by atoms with Crippen LogP contribution < -0.4 is 5.32 Å². The van der Waals surface area contributed by atoms with Gasteiger partial charge in [0, 0.05) is 19.6 Å². The Bertz CT molecular complexity index is 651. The summed E-state index contributed by atoms with van der Waals surface area (Å²) in [5.74, 6) is 0. The molecule has 21 heavy (non-hydrogen) atoms. The number of urea groups is 1. The van der Waals surface area contributed by atoms with Crippen LogP contribution in [0.25, 0.3) is 0 Å². The van der Waals surface area contributed by atoms with Crippen molar-refractivity contribution >= 4 is 6.03 Å². The van der Waals surface area contributed by atoms with Crippen molar-refractivity contribution in [1.29, 1.82) is 0 Å². The number of benzene rings is 2. The Morgan fingerprint density at radius 2 is 1.95 bits per heavy atom. The Hall–Kier alpha value is -2.29. The molecule has 0 saturated heterocycles. The summed E-state index contributed by atoms with van der Waals surface area (Å²) in [6, 6.07) is 16.6. The Labute approximate surface area is 125 Å². The zero-order chi connectivity index (χ0) is 14.7. The summed E-state index contributed by atoms with van der Waals surface area (Å²) >= 11 is 0. The molecular formula is C18H20N2O. The lowest BCUT2D eigenvalue weighted by molar-refractivity contribution is 0.192. The quantitative estimate of drug-likeness (QED) is 0.899. The van der Waals surface area contributed by atoms with E-state index >= 15 is 0 Å². The molecule has 3 heteroatoms. The first kappa shape index (κ1) is 13.7. The highest BCUT2D eigenvalue weighted by Gasteiger charge is 2.19. The number of fused-ring (bicyclic) bond motifs is 1. The molecule has 0 aromatic heterocycles. The number of hydrogen-bond acceptors (Lipinski definition) is 1. The third-order valence-electron chi connectivity index (χ3n) is 3.94. The fourth-order valence-corrected chi connectivity index (χ4v) is 2.78. The van der Waals surface area contributed by atoms with Crippen molar-refractivity contribution in [3.8, 4) is 0 Å². The summed E-state index contributed by atoms with van der Waals surface area (Å²) in [7, 11) is 0. The minimum atomic E-state index is 0.0195. The van der Waals surface area contributed by atoms with Gasteiger partial charge in [-0.05, 0) is 30.0 Å². The number of hydrogen-bond donors (Lipinski definition) is 1. The Kier molecular flexibility index (Phi) is 3.91. The van der Waals surface area contributed by atoms with Crippen LogP contribution in [0, 0.1) is 6.92 Å². The molecule has 0 saturated carbocycles. The van der Waals surface area contributed by atoms with Crippen LogP contribution in [-0.4, -0.2) is 17.5 Å². The second-order valence-corrected chi connectivity index (χ2v) is 5.59. The summed E-state index contributed by atoms with van der Waals surface area (Å²) in [4.78, 5) is 14.2. The summed E-state index contributed by atoms with van der Waals surface area (Å²) in [6.07, 6.45) is 0.939. The second-order valence-electron chi connectivity index (χ2n) is 5.59. The predicted octanol–water partition coefficient (Wildman–Crippen LogP) is 3.26. The average Bonchev–Trinajstić information content (AvgIpc) is 2.52. The van der Waals surface area contributed by atoms with E-state index in [1.165, 1.54) is 16.7 Å². The standard InChI is InChI=1S/C18H20N2O/c1-14-5-4-6-15(11-14)12-19-18(21)20-10-9-16-7-2-3-8-17(16)13-20/h2-8,11H,9-10,12-13H2,1H3,(H,19,21). The number of aryl methyl sites for hydroxylation is 1. The number of nitrogens with one attached hydrogen (secondary N) is 1. The normalized spacial score (nSPS) is 13.7. The van der Waals surface area contributed by atoms with Gasteiger partial charge in [-0.1, -0.05) is 54.1 Å². The first-order valence-corrected chi connectivity index (χ1v) is 7.37. The van der Waals surface area contributed by atoms with E-state index < -0.39 is 0 Å². The van der Waals surface area contributed by atoms with E-state index in [0.717, 1.165) is 18.5 Å². The molecule has 0 radical (unpaired) electrons. The van der Waals surface area contributed by atoms with E-state index in [2.05, 4.69) is 42.6 Å². The summed E-state index contributed by atoms with van der Waals surface area (Å²) in [5.41, 5.74) is 4.98. The van der Waals surface area contributed by atoms with E-state index in [9.17, 15) is 4.79 Å². The van der Waals surface area contributed by atoms with Gasteiger partial charge in [0.05, 0.1) is 0 Å². The molecular weight excluding hydrogens is 260 g/mol. The lowest BCUT2D eigenvalue weighted by Crippen LogP contribution is -2.42. The maximum Gasteiger partial charge on any atom is 0.317 e. The molecule has 108 valence electrons. The van der Waals surface area contributed by atoms with Crippen molar-refractivity contribution in [2.45, 2.75) is 26.4 Å². The first-order chi connectivity index (χ1) is 10.2. The Morgan fingerprint density at radius 1 is 1.14 bits per heavy atom. The maximum atomic E-state index is 12.3. The van der Waals surface area contributed by atoms with Crippen molar-refractivity contribution in [2.75, 3.05) is 6.54 Å². The van der Waals surface area contributed by atoms with Crippen molar-refractivity contribution in [2.24, 2.45) is 0 Å². The van der Waals surface area contributed by atoms with Gasteiger partial charge in [0.15, 0.2) is 0 Å². The number of carbonyl (C=O) groups excluding carboxylic acids is 1. The molecule has 2 aromatic carbocycles. The van der Waals surface area contributed by atoms with Crippen molar-refractivity contribution in [3.63, 3.8) is 0 Å². The van der Waals surface area contributed by atoms with Crippen LogP contribution in [0.4, 0.5) is 4.79 Å². The van der Waals surface area contributed by atoms with Crippen LogP contribution >= 0.6 is 0 Å². The molecule has 1 heterocycles. The summed E-state index contributed by atoms with van der Waals surface area (Å²) in [6.45, 7) is 4.14.